The number of nitrogens with zero attached hydrogens (tertiary/aromatic N) is 2. The van der Waals surface area contributed by atoms with Crippen LogP contribution in [-0.2, 0) is 17.4 Å². The highest BCUT2D eigenvalue weighted by molar-refractivity contribution is 6.00. The van der Waals surface area contributed by atoms with Gasteiger partial charge in [0.05, 0.1) is 36.7 Å². The standard InChI is InChI=1S/C32H35F3N4O5/c1-20-17-39(21(2)19-40)30(42)26-16-25(36-29(41)15-22-7-5-4-6-8-22)13-14-27(26)44-28(20)18-38(3)31(43)37-24-11-9-23(10-12-24)32(33,34)35/h4-14,16,20-21,28,40H,15,17-19H2,1-3H3,(H,36,41)(H,37,43)/t20-,21+,28-/m0/s1. The van der Waals surface area contributed by atoms with E-state index in [0.717, 1.165) is 17.7 Å². The second-order valence-electron chi connectivity index (χ2n) is 10.9. The minimum atomic E-state index is -4.49. The van der Waals surface area contributed by atoms with Crippen LogP contribution in [0.4, 0.5) is 29.3 Å². The van der Waals surface area contributed by atoms with Crippen LogP contribution in [0.1, 0.15) is 35.3 Å². The van der Waals surface area contributed by atoms with E-state index < -0.39 is 29.9 Å². The van der Waals surface area contributed by atoms with Crippen LogP contribution in [0, 0.1) is 5.92 Å². The zero-order valence-corrected chi connectivity index (χ0v) is 24.6. The summed E-state index contributed by atoms with van der Waals surface area (Å²) in [6.07, 6.45) is -4.94. The number of aliphatic hydroxyl groups is 1. The van der Waals surface area contributed by atoms with Crippen LogP contribution in [0.5, 0.6) is 5.75 Å². The van der Waals surface area contributed by atoms with Gasteiger partial charge < -0.3 is 30.3 Å². The fourth-order valence-corrected chi connectivity index (χ4v) is 4.82. The summed E-state index contributed by atoms with van der Waals surface area (Å²) < 4.78 is 45.0. The predicted molar refractivity (Wildman–Crippen MR) is 159 cm³/mol. The van der Waals surface area contributed by atoms with Crippen molar-refractivity contribution in [2.45, 2.75) is 38.6 Å². The maximum Gasteiger partial charge on any atom is 0.416 e. The number of likely N-dealkylation sites (N-methyl/N-ethyl adjacent to an activating group) is 1. The van der Waals surface area contributed by atoms with Crippen LogP contribution in [0.2, 0.25) is 0 Å². The van der Waals surface area contributed by atoms with Crippen molar-refractivity contribution >= 4 is 29.2 Å². The van der Waals surface area contributed by atoms with Crippen molar-refractivity contribution in [3.05, 3.63) is 89.5 Å². The fraction of sp³-hybridized carbons (Fsp3) is 0.344. The van der Waals surface area contributed by atoms with E-state index in [2.05, 4.69) is 10.6 Å². The third-order valence-corrected chi connectivity index (χ3v) is 7.42. The lowest BCUT2D eigenvalue weighted by Crippen LogP contribution is -2.50. The number of amides is 4. The van der Waals surface area contributed by atoms with E-state index >= 15 is 0 Å². The summed E-state index contributed by atoms with van der Waals surface area (Å²) in [5.74, 6) is -0.672. The molecule has 1 aliphatic heterocycles. The van der Waals surface area contributed by atoms with Gasteiger partial charge in [-0.1, -0.05) is 37.3 Å². The first kappa shape index (κ1) is 32.3. The van der Waals surface area contributed by atoms with Crippen molar-refractivity contribution in [3.8, 4) is 5.75 Å². The maximum atomic E-state index is 13.7. The van der Waals surface area contributed by atoms with Crippen molar-refractivity contribution in [3.63, 3.8) is 0 Å². The number of carbonyl (C=O) groups is 3. The molecule has 1 aliphatic rings. The molecule has 9 nitrogen and oxygen atoms in total. The molecule has 3 aromatic rings. The average molecular weight is 613 g/mol. The molecular formula is C32H35F3N4O5. The Morgan fingerprint density at radius 1 is 1.05 bits per heavy atom. The number of benzene rings is 3. The first-order valence-corrected chi connectivity index (χ1v) is 14.1. The van der Waals surface area contributed by atoms with E-state index in [9.17, 15) is 32.7 Å². The molecule has 3 aromatic carbocycles. The van der Waals surface area contributed by atoms with Crippen LogP contribution in [-0.4, -0.2) is 71.6 Å². The zero-order chi connectivity index (χ0) is 32.0. The number of hydrogen-bond donors (Lipinski definition) is 3. The molecule has 0 aliphatic carbocycles. The lowest BCUT2D eigenvalue weighted by molar-refractivity contribution is -0.137. The van der Waals surface area contributed by atoms with Gasteiger partial charge in [-0.2, -0.15) is 13.2 Å². The number of fused-ring (bicyclic) bond motifs is 1. The molecule has 12 heteroatoms. The second-order valence-corrected chi connectivity index (χ2v) is 10.9. The number of hydrogen-bond acceptors (Lipinski definition) is 5. The van der Waals surface area contributed by atoms with Gasteiger partial charge in [0.25, 0.3) is 5.91 Å². The molecular weight excluding hydrogens is 577 g/mol. The Balaban J connectivity index is 1.52. The normalized spacial score (nSPS) is 17.4. The topological polar surface area (TPSA) is 111 Å². The molecule has 1 heterocycles. The Kier molecular flexibility index (Phi) is 10.1. The van der Waals surface area contributed by atoms with Gasteiger partial charge in [-0.05, 0) is 55.0 Å². The van der Waals surface area contributed by atoms with E-state index in [1.165, 1.54) is 35.0 Å². The Bertz CT molecular complexity index is 1470. The van der Waals surface area contributed by atoms with Crippen molar-refractivity contribution in [1.82, 2.24) is 9.80 Å². The van der Waals surface area contributed by atoms with E-state index in [1.54, 1.807) is 19.1 Å². The molecule has 0 bridgehead atoms. The number of nitrogens with one attached hydrogen (secondary N) is 2. The lowest BCUT2D eigenvalue weighted by Gasteiger charge is -2.38. The van der Waals surface area contributed by atoms with Gasteiger partial charge in [0.15, 0.2) is 0 Å². The number of aliphatic hydroxyl groups excluding tert-OH is 1. The average Bonchev–Trinajstić information content (AvgIpc) is 2.99. The molecule has 0 unspecified atom stereocenters. The highest BCUT2D eigenvalue weighted by atomic mass is 19.4. The van der Waals surface area contributed by atoms with Gasteiger partial charge in [0, 0.05) is 30.9 Å². The molecule has 0 saturated heterocycles. The van der Waals surface area contributed by atoms with Gasteiger partial charge in [-0.25, -0.2) is 4.79 Å². The van der Waals surface area contributed by atoms with E-state index in [4.69, 9.17) is 4.74 Å². The van der Waals surface area contributed by atoms with Gasteiger partial charge in [-0.3, -0.25) is 9.59 Å². The Hall–Kier alpha value is -4.58. The molecule has 0 radical (unpaired) electrons. The lowest BCUT2D eigenvalue weighted by atomic mass is 9.99. The number of urea groups is 1. The van der Waals surface area contributed by atoms with Gasteiger partial charge in [-0.15, -0.1) is 0 Å². The van der Waals surface area contributed by atoms with Crippen LogP contribution < -0.4 is 15.4 Å². The van der Waals surface area contributed by atoms with Crippen LogP contribution in [0.3, 0.4) is 0 Å². The summed E-state index contributed by atoms with van der Waals surface area (Å²) >= 11 is 0. The molecule has 0 fully saturated rings. The minimum absolute atomic E-state index is 0.0815. The summed E-state index contributed by atoms with van der Waals surface area (Å²) in [5.41, 5.74) is 0.798. The smallest absolute Gasteiger partial charge is 0.416 e. The first-order chi connectivity index (χ1) is 20.8. The zero-order valence-electron chi connectivity index (χ0n) is 24.6. The Labute approximate surface area is 253 Å². The SMILES string of the molecule is C[C@H](CO)N1C[C@H](C)[C@H](CN(C)C(=O)Nc2ccc(C(F)(F)F)cc2)Oc2ccc(NC(=O)Cc3ccccc3)cc2C1=O. The van der Waals surface area contributed by atoms with E-state index in [0.29, 0.717) is 5.69 Å². The summed E-state index contributed by atoms with van der Waals surface area (Å²) in [6, 6.07) is 17.0. The highest BCUT2D eigenvalue weighted by Crippen LogP contribution is 2.32. The molecule has 0 spiro atoms. The number of alkyl halides is 3. The molecule has 3 atom stereocenters. The van der Waals surface area contributed by atoms with Crippen molar-refractivity contribution in [2.24, 2.45) is 5.92 Å². The fourth-order valence-electron chi connectivity index (χ4n) is 4.82. The number of halogens is 3. The third kappa shape index (κ3) is 8.07. The van der Waals surface area contributed by atoms with E-state index in [-0.39, 0.29) is 60.8 Å². The van der Waals surface area contributed by atoms with Crippen molar-refractivity contribution < 1.29 is 37.4 Å². The molecule has 0 saturated carbocycles. The molecule has 4 rings (SSSR count). The molecule has 234 valence electrons. The summed E-state index contributed by atoms with van der Waals surface area (Å²) in [7, 11) is 1.53. The molecule has 44 heavy (non-hydrogen) atoms. The maximum absolute atomic E-state index is 13.7. The van der Waals surface area contributed by atoms with Crippen molar-refractivity contribution in [2.75, 3.05) is 37.4 Å². The van der Waals surface area contributed by atoms with E-state index in [1.807, 2.05) is 37.3 Å². The predicted octanol–water partition coefficient (Wildman–Crippen LogP) is 5.27. The van der Waals surface area contributed by atoms with Crippen LogP contribution in [0.15, 0.2) is 72.8 Å². The van der Waals surface area contributed by atoms with Gasteiger partial charge >= 0.3 is 12.2 Å². The van der Waals surface area contributed by atoms with Crippen LogP contribution >= 0.6 is 0 Å². The van der Waals surface area contributed by atoms with Gasteiger partial charge in [0.1, 0.15) is 11.9 Å². The Morgan fingerprint density at radius 2 is 1.70 bits per heavy atom. The molecule has 4 amide bonds. The first-order valence-electron chi connectivity index (χ1n) is 14.1. The summed E-state index contributed by atoms with van der Waals surface area (Å²) in [4.78, 5) is 42.2. The minimum Gasteiger partial charge on any atom is -0.487 e. The molecule has 0 aromatic heterocycles. The van der Waals surface area contributed by atoms with Crippen LogP contribution in [0.25, 0.3) is 0 Å². The summed E-state index contributed by atoms with van der Waals surface area (Å²) in [5, 5.41) is 15.3. The van der Waals surface area contributed by atoms with Gasteiger partial charge in [0.2, 0.25) is 5.91 Å². The van der Waals surface area contributed by atoms with Crippen molar-refractivity contribution in [1.29, 1.82) is 0 Å². The summed E-state index contributed by atoms with van der Waals surface area (Å²) in [6.45, 7) is 3.60. The second kappa shape index (κ2) is 13.8. The number of carbonyl (C=O) groups excluding carboxylic acids is 3. The molecule has 3 N–H and O–H groups in total. The number of rotatable bonds is 8. The largest absolute Gasteiger partial charge is 0.487 e. The third-order valence-electron chi connectivity index (χ3n) is 7.42. The number of anilines is 2. The Morgan fingerprint density at radius 3 is 2.34 bits per heavy atom. The highest BCUT2D eigenvalue weighted by Gasteiger charge is 2.34. The quantitative estimate of drug-likeness (QED) is 0.321. The number of ether oxygens (including phenoxy) is 1. The monoisotopic (exact) mass is 612 g/mol.